The van der Waals surface area contributed by atoms with E-state index in [1.165, 1.54) is 18.2 Å². The van der Waals surface area contributed by atoms with Gasteiger partial charge in [-0.1, -0.05) is 24.9 Å². The van der Waals surface area contributed by atoms with Crippen LogP contribution in [0.2, 0.25) is 5.02 Å². The molecule has 0 spiro atoms. The molecule has 8 heteroatoms. The zero-order chi connectivity index (χ0) is 23.9. The minimum absolute atomic E-state index is 0.296. The first-order valence-corrected chi connectivity index (χ1v) is 11.7. The van der Waals surface area contributed by atoms with E-state index in [-0.39, 0.29) is 0 Å². The standard InChI is InChI=1S/C26H27ClFN5O/c1-3-17(8-10-29-2)16-34-20-5-6-21-24(9-11-30-25(21)14-20)32-19-13-26(33-31-15-19)22-12-18(27)4-7-23(22)28/h4-7,9,11-15,17,29H,3,8,10,16H2,1-2H3,(H,30,32,33). The molecule has 4 rings (SSSR count). The largest absolute Gasteiger partial charge is 0.493 e. The van der Waals surface area contributed by atoms with E-state index in [0.717, 1.165) is 41.7 Å². The van der Waals surface area contributed by atoms with Crippen LogP contribution in [0.1, 0.15) is 19.8 Å². The van der Waals surface area contributed by atoms with Gasteiger partial charge < -0.3 is 15.4 Å². The Morgan fingerprint density at radius 2 is 2.00 bits per heavy atom. The molecule has 176 valence electrons. The summed E-state index contributed by atoms with van der Waals surface area (Å²) in [5.41, 5.74) is 3.02. The molecule has 2 heterocycles. The molecule has 0 aliphatic carbocycles. The van der Waals surface area contributed by atoms with Crippen LogP contribution in [0, 0.1) is 11.7 Å². The zero-order valence-electron chi connectivity index (χ0n) is 19.2. The van der Waals surface area contributed by atoms with Gasteiger partial charge in [-0.3, -0.25) is 4.98 Å². The Kier molecular flexibility index (Phi) is 7.87. The van der Waals surface area contributed by atoms with Crippen LogP contribution >= 0.6 is 11.6 Å². The van der Waals surface area contributed by atoms with Gasteiger partial charge in [-0.25, -0.2) is 4.39 Å². The zero-order valence-corrected chi connectivity index (χ0v) is 19.9. The molecule has 0 aliphatic heterocycles. The highest BCUT2D eigenvalue weighted by molar-refractivity contribution is 6.30. The Hall–Kier alpha value is -3.29. The number of ether oxygens (including phenoxy) is 1. The predicted molar refractivity (Wildman–Crippen MR) is 135 cm³/mol. The van der Waals surface area contributed by atoms with Crippen molar-refractivity contribution in [1.82, 2.24) is 20.5 Å². The molecule has 34 heavy (non-hydrogen) atoms. The van der Waals surface area contributed by atoms with Crippen LogP contribution in [0.4, 0.5) is 15.8 Å². The molecule has 0 radical (unpaired) electrons. The lowest BCUT2D eigenvalue weighted by molar-refractivity contribution is 0.236. The minimum atomic E-state index is -0.408. The average molecular weight is 480 g/mol. The minimum Gasteiger partial charge on any atom is -0.493 e. The normalized spacial score (nSPS) is 12.0. The molecule has 0 amide bonds. The summed E-state index contributed by atoms with van der Waals surface area (Å²) in [5, 5.41) is 16.0. The highest BCUT2D eigenvalue weighted by Gasteiger charge is 2.11. The first kappa shape index (κ1) is 23.9. The summed E-state index contributed by atoms with van der Waals surface area (Å²) < 4.78 is 20.3. The smallest absolute Gasteiger partial charge is 0.132 e. The predicted octanol–water partition coefficient (Wildman–Crippen LogP) is 6.24. The van der Waals surface area contributed by atoms with Gasteiger partial charge in [-0.15, -0.1) is 0 Å². The Labute approximate surface area is 203 Å². The monoisotopic (exact) mass is 479 g/mol. The summed E-state index contributed by atoms with van der Waals surface area (Å²) in [6.07, 6.45) is 5.48. The van der Waals surface area contributed by atoms with Crippen molar-refractivity contribution >= 4 is 33.9 Å². The lowest BCUT2D eigenvalue weighted by Crippen LogP contribution is -2.18. The topological polar surface area (TPSA) is 72.0 Å². The number of fused-ring (bicyclic) bond motifs is 1. The fourth-order valence-corrected chi connectivity index (χ4v) is 3.88. The number of nitrogens with one attached hydrogen (secondary N) is 2. The Morgan fingerprint density at radius 1 is 1.12 bits per heavy atom. The highest BCUT2D eigenvalue weighted by atomic mass is 35.5. The molecule has 2 N–H and O–H groups in total. The van der Waals surface area contributed by atoms with E-state index in [1.807, 2.05) is 31.3 Å². The van der Waals surface area contributed by atoms with Crippen LogP contribution < -0.4 is 15.4 Å². The first-order chi connectivity index (χ1) is 16.6. The van der Waals surface area contributed by atoms with E-state index < -0.39 is 5.82 Å². The van der Waals surface area contributed by atoms with Gasteiger partial charge in [0, 0.05) is 33.9 Å². The van der Waals surface area contributed by atoms with E-state index in [0.29, 0.717) is 34.5 Å². The van der Waals surface area contributed by atoms with Crippen LogP contribution in [0.5, 0.6) is 5.75 Å². The molecule has 2 aromatic carbocycles. The Bertz CT molecular complexity index is 1270. The summed E-state index contributed by atoms with van der Waals surface area (Å²) in [4.78, 5) is 4.51. The maximum Gasteiger partial charge on any atom is 0.132 e. The number of pyridine rings is 1. The average Bonchev–Trinajstić information content (AvgIpc) is 2.86. The molecule has 0 saturated heterocycles. The Morgan fingerprint density at radius 3 is 2.82 bits per heavy atom. The van der Waals surface area contributed by atoms with Crippen molar-refractivity contribution in [2.45, 2.75) is 19.8 Å². The van der Waals surface area contributed by atoms with E-state index >= 15 is 0 Å². The number of benzene rings is 2. The molecule has 0 aliphatic rings. The third kappa shape index (κ3) is 5.79. The van der Waals surface area contributed by atoms with E-state index in [4.69, 9.17) is 16.3 Å². The van der Waals surface area contributed by atoms with Crippen LogP contribution in [-0.4, -0.2) is 35.4 Å². The van der Waals surface area contributed by atoms with Crippen LogP contribution in [-0.2, 0) is 0 Å². The van der Waals surface area contributed by atoms with Crippen LogP contribution in [0.3, 0.4) is 0 Å². The second-order valence-corrected chi connectivity index (χ2v) is 8.53. The lowest BCUT2D eigenvalue weighted by atomic mass is 10.0. The second-order valence-electron chi connectivity index (χ2n) is 8.09. The molecule has 2 aromatic heterocycles. The maximum absolute atomic E-state index is 14.3. The van der Waals surface area contributed by atoms with Crippen molar-refractivity contribution in [3.8, 4) is 17.0 Å². The van der Waals surface area contributed by atoms with Crippen molar-refractivity contribution in [2.75, 3.05) is 25.5 Å². The van der Waals surface area contributed by atoms with Crippen molar-refractivity contribution < 1.29 is 9.13 Å². The first-order valence-electron chi connectivity index (χ1n) is 11.3. The number of aromatic nitrogens is 3. The number of halogens is 2. The fourth-order valence-electron chi connectivity index (χ4n) is 3.71. The Balaban J connectivity index is 1.53. The summed E-state index contributed by atoms with van der Waals surface area (Å²) in [6, 6.07) is 13.9. The summed E-state index contributed by atoms with van der Waals surface area (Å²) in [5.74, 6) is 0.889. The molecule has 0 bridgehead atoms. The number of hydrogen-bond acceptors (Lipinski definition) is 6. The quantitative estimate of drug-likeness (QED) is 0.280. The highest BCUT2D eigenvalue weighted by Crippen LogP contribution is 2.30. The van der Waals surface area contributed by atoms with Gasteiger partial charge in [0.1, 0.15) is 11.6 Å². The van der Waals surface area contributed by atoms with Crippen molar-refractivity contribution in [3.05, 3.63) is 71.8 Å². The van der Waals surface area contributed by atoms with Crippen LogP contribution in [0.15, 0.2) is 60.9 Å². The van der Waals surface area contributed by atoms with Gasteiger partial charge in [-0.05, 0) is 68.4 Å². The van der Waals surface area contributed by atoms with Gasteiger partial charge in [0.25, 0.3) is 0 Å². The van der Waals surface area contributed by atoms with Crippen molar-refractivity contribution in [3.63, 3.8) is 0 Å². The number of hydrogen-bond donors (Lipinski definition) is 2. The van der Waals surface area contributed by atoms with Crippen molar-refractivity contribution in [2.24, 2.45) is 5.92 Å². The molecular weight excluding hydrogens is 453 g/mol. The lowest BCUT2D eigenvalue weighted by Gasteiger charge is -2.16. The van der Waals surface area contributed by atoms with Gasteiger partial charge in [0.15, 0.2) is 0 Å². The fraction of sp³-hybridized carbons (Fsp3) is 0.269. The van der Waals surface area contributed by atoms with Gasteiger partial charge in [0.2, 0.25) is 0 Å². The third-order valence-corrected chi connectivity index (χ3v) is 5.95. The summed E-state index contributed by atoms with van der Waals surface area (Å²) in [7, 11) is 1.96. The second kappa shape index (κ2) is 11.2. The molecular formula is C26H27ClFN5O. The van der Waals surface area contributed by atoms with Crippen LogP contribution in [0.25, 0.3) is 22.2 Å². The number of rotatable bonds is 10. The number of nitrogens with zero attached hydrogens (tertiary/aromatic N) is 3. The molecule has 0 fully saturated rings. The van der Waals surface area contributed by atoms with Gasteiger partial charge >= 0.3 is 0 Å². The molecule has 4 aromatic rings. The molecule has 0 saturated carbocycles. The molecule has 1 atom stereocenters. The summed E-state index contributed by atoms with van der Waals surface area (Å²) in [6.45, 7) is 3.84. The SMILES string of the molecule is CCC(CCNC)COc1ccc2c(Nc3cnnc(-c4cc(Cl)ccc4F)c3)ccnc2c1. The maximum atomic E-state index is 14.3. The van der Waals surface area contributed by atoms with E-state index in [1.54, 1.807) is 18.5 Å². The molecule has 1 unspecified atom stereocenters. The van der Waals surface area contributed by atoms with Crippen molar-refractivity contribution in [1.29, 1.82) is 0 Å². The summed E-state index contributed by atoms with van der Waals surface area (Å²) >= 11 is 6.03. The molecule has 6 nitrogen and oxygen atoms in total. The van der Waals surface area contributed by atoms with E-state index in [9.17, 15) is 4.39 Å². The number of anilines is 2. The third-order valence-electron chi connectivity index (χ3n) is 5.72. The van der Waals surface area contributed by atoms with Gasteiger partial charge in [0.05, 0.1) is 29.7 Å². The van der Waals surface area contributed by atoms with E-state index in [2.05, 4.69) is 32.7 Å². The van der Waals surface area contributed by atoms with Gasteiger partial charge in [-0.2, -0.15) is 10.2 Å².